The van der Waals surface area contributed by atoms with Crippen LogP contribution in [-0.4, -0.2) is 21.0 Å². The maximum absolute atomic E-state index is 12.4. The predicted octanol–water partition coefficient (Wildman–Crippen LogP) is 3.94. The molecule has 0 saturated carbocycles. The molecule has 1 aromatic carbocycles. The van der Waals surface area contributed by atoms with Crippen molar-refractivity contribution in [2.75, 3.05) is 0 Å². The number of nitro benzene ring substituents is 1. The van der Waals surface area contributed by atoms with E-state index in [9.17, 15) is 14.9 Å². The van der Waals surface area contributed by atoms with E-state index >= 15 is 0 Å². The molecule has 138 valence electrons. The molecule has 0 aliphatic carbocycles. The number of carbonyl (C=O) groups excluding carboxylic acids is 1. The van der Waals surface area contributed by atoms with Crippen LogP contribution in [0, 0.1) is 17.0 Å². The normalized spacial score (nSPS) is 10.6. The number of carbonyl (C=O) groups is 1. The third kappa shape index (κ3) is 4.91. The van der Waals surface area contributed by atoms with Gasteiger partial charge in [-0.15, -0.1) is 0 Å². The Morgan fingerprint density at radius 2 is 2.15 bits per heavy atom. The van der Waals surface area contributed by atoms with Gasteiger partial charge in [0.15, 0.2) is 0 Å². The average Bonchev–Trinajstić information content (AvgIpc) is 3.10. The highest BCUT2D eigenvalue weighted by Crippen LogP contribution is 2.25. The largest absolute Gasteiger partial charge is 0.457 e. The molecule has 0 bridgehead atoms. The van der Waals surface area contributed by atoms with E-state index in [1.165, 1.54) is 23.9 Å². The van der Waals surface area contributed by atoms with Gasteiger partial charge in [-0.05, 0) is 24.6 Å². The third-order valence-electron chi connectivity index (χ3n) is 3.52. The van der Waals surface area contributed by atoms with Crippen LogP contribution in [0.5, 0.6) is 0 Å². The van der Waals surface area contributed by atoms with E-state index in [4.69, 9.17) is 9.26 Å². The first-order valence-corrected chi connectivity index (χ1v) is 8.92. The molecular formula is C18H15N3O5S. The third-order valence-corrected chi connectivity index (χ3v) is 4.55. The Bertz CT molecular complexity index is 973. The second-order valence-electron chi connectivity index (χ2n) is 5.58. The summed E-state index contributed by atoms with van der Waals surface area (Å²) in [6.45, 7) is 1.74. The summed E-state index contributed by atoms with van der Waals surface area (Å²) >= 11 is 1.35. The molecule has 8 nitrogen and oxygen atoms in total. The lowest BCUT2D eigenvalue weighted by atomic mass is 10.2. The molecule has 0 N–H and O–H groups in total. The van der Waals surface area contributed by atoms with Gasteiger partial charge in [0.05, 0.1) is 16.2 Å². The summed E-state index contributed by atoms with van der Waals surface area (Å²) < 4.78 is 10.3. The van der Waals surface area contributed by atoms with E-state index in [1.54, 1.807) is 37.4 Å². The second kappa shape index (κ2) is 8.45. The van der Waals surface area contributed by atoms with E-state index in [-0.39, 0.29) is 12.3 Å². The molecule has 3 aromatic rings. The van der Waals surface area contributed by atoms with Crippen LogP contribution >= 0.6 is 11.8 Å². The molecule has 0 aliphatic heterocycles. The standard InChI is InChI=1S/C18H15N3O5S/c1-12-8-14(20-26-12)11-27-17-16(6-3-7-19-17)18(22)25-10-13-4-2-5-15(9-13)21(23)24/h2-9H,10-11H2,1H3. The molecule has 2 aromatic heterocycles. The Labute approximate surface area is 158 Å². The molecule has 0 unspecified atom stereocenters. The number of non-ortho nitro benzene ring substituents is 1. The number of pyridine rings is 1. The van der Waals surface area contributed by atoms with Crippen LogP contribution in [0.2, 0.25) is 0 Å². The minimum atomic E-state index is -0.548. The average molecular weight is 385 g/mol. The minimum Gasteiger partial charge on any atom is -0.457 e. The number of nitrogens with zero attached hydrogens (tertiary/aromatic N) is 3. The number of aromatic nitrogens is 2. The lowest BCUT2D eigenvalue weighted by Gasteiger charge is -2.08. The Balaban J connectivity index is 1.66. The van der Waals surface area contributed by atoms with Crippen molar-refractivity contribution < 1.29 is 19.0 Å². The first-order valence-electron chi connectivity index (χ1n) is 7.93. The number of benzene rings is 1. The zero-order chi connectivity index (χ0) is 19.2. The van der Waals surface area contributed by atoms with Crippen LogP contribution in [0.1, 0.15) is 27.4 Å². The molecule has 3 rings (SSSR count). The van der Waals surface area contributed by atoms with Crippen molar-refractivity contribution in [1.29, 1.82) is 0 Å². The Morgan fingerprint density at radius 1 is 1.30 bits per heavy atom. The fourth-order valence-corrected chi connectivity index (χ4v) is 3.14. The molecule has 0 saturated heterocycles. The van der Waals surface area contributed by atoms with Crippen molar-refractivity contribution in [3.63, 3.8) is 0 Å². The summed E-state index contributed by atoms with van der Waals surface area (Å²) in [5.74, 6) is 0.663. The van der Waals surface area contributed by atoms with Crippen molar-refractivity contribution in [3.8, 4) is 0 Å². The van der Waals surface area contributed by atoms with E-state index < -0.39 is 10.9 Å². The number of rotatable bonds is 7. The molecule has 9 heteroatoms. The van der Waals surface area contributed by atoms with Gasteiger partial charge in [-0.25, -0.2) is 9.78 Å². The van der Waals surface area contributed by atoms with Gasteiger partial charge < -0.3 is 9.26 Å². The van der Waals surface area contributed by atoms with Gasteiger partial charge in [0.25, 0.3) is 5.69 Å². The van der Waals surface area contributed by atoms with Crippen molar-refractivity contribution >= 4 is 23.4 Å². The molecule has 27 heavy (non-hydrogen) atoms. The van der Waals surface area contributed by atoms with Crippen molar-refractivity contribution in [3.05, 3.63) is 81.4 Å². The molecule has 0 spiro atoms. The van der Waals surface area contributed by atoms with Gasteiger partial charge in [0, 0.05) is 30.1 Å². The molecule has 0 fully saturated rings. The van der Waals surface area contributed by atoms with Gasteiger partial charge in [0.2, 0.25) is 0 Å². The zero-order valence-electron chi connectivity index (χ0n) is 14.3. The fourth-order valence-electron chi connectivity index (χ4n) is 2.28. The first-order chi connectivity index (χ1) is 13.0. The number of ether oxygens (including phenoxy) is 1. The summed E-state index contributed by atoms with van der Waals surface area (Å²) in [5, 5.41) is 15.2. The van der Waals surface area contributed by atoms with Gasteiger partial charge >= 0.3 is 5.97 Å². The molecular weight excluding hydrogens is 370 g/mol. The van der Waals surface area contributed by atoms with Gasteiger partial charge in [-0.1, -0.05) is 29.1 Å². The molecule has 0 aliphatic rings. The molecule has 0 amide bonds. The highest BCUT2D eigenvalue weighted by molar-refractivity contribution is 7.98. The minimum absolute atomic E-state index is 0.0518. The maximum Gasteiger partial charge on any atom is 0.341 e. The Hall–Kier alpha value is -3.20. The summed E-state index contributed by atoms with van der Waals surface area (Å²) in [6, 6.07) is 11.0. The van der Waals surface area contributed by atoms with Gasteiger partial charge in [-0.3, -0.25) is 10.1 Å². The summed E-state index contributed by atoms with van der Waals surface area (Å²) in [5.41, 5.74) is 1.56. The monoisotopic (exact) mass is 385 g/mol. The van der Waals surface area contributed by atoms with Gasteiger partial charge in [-0.2, -0.15) is 0 Å². The van der Waals surface area contributed by atoms with E-state index in [0.29, 0.717) is 27.7 Å². The van der Waals surface area contributed by atoms with Crippen molar-refractivity contribution in [2.24, 2.45) is 0 Å². The predicted molar refractivity (Wildman–Crippen MR) is 97.3 cm³/mol. The fraction of sp³-hybridized carbons (Fsp3) is 0.167. The molecule has 2 heterocycles. The Morgan fingerprint density at radius 3 is 2.89 bits per heavy atom. The van der Waals surface area contributed by atoms with Crippen LogP contribution < -0.4 is 0 Å². The zero-order valence-corrected chi connectivity index (χ0v) is 15.1. The van der Waals surface area contributed by atoms with Crippen LogP contribution in [-0.2, 0) is 17.1 Å². The second-order valence-corrected chi connectivity index (χ2v) is 6.54. The van der Waals surface area contributed by atoms with E-state index in [1.807, 2.05) is 6.07 Å². The highest BCUT2D eigenvalue weighted by atomic mass is 32.2. The van der Waals surface area contributed by atoms with Crippen LogP contribution in [0.3, 0.4) is 0 Å². The number of esters is 1. The Kier molecular flexibility index (Phi) is 5.82. The summed E-state index contributed by atoms with van der Waals surface area (Å²) in [7, 11) is 0. The molecule has 0 radical (unpaired) electrons. The lowest BCUT2D eigenvalue weighted by molar-refractivity contribution is -0.384. The van der Waals surface area contributed by atoms with E-state index in [0.717, 1.165) is 5.69 Å². The number of hydrogen-bond donors (Lipinski definition) is 0. The quantitative estimate of drug-likeness (QED) is 0.260. The first kappa shape index (κ1) is 18.6. The highest BCUT2D eigenvalue weighted by Gasteiger charge is 2.16. The van der Waals surface area contributed by atoms with Gasteiger partial charge in [0.1, 0.15) is 17.4 Å². The van der Waals surface area contributed by atoms with Crippen molar-refractivity contribution in [2.45, 2.75) is 24.3 Å². The summed E-state index contributed by atoms with van der Waals surface area (Å²) in [4.78, 5) is 27.0. The van der Waals surface area contributed by atoms with Crippen LogP contribution in [0.15, 0.2) is 58.2 Å². The van der Waals surface area contributed by atoms with Crippen LogP contribution in [0.25, 0.3) is 0 Å². The number of hydrogen-bond acceptors (Lipinski definition) is 8. The topological polar surface area (TPSA) is 108 Å². The number of aryl methyl sites for hydroxylation is 1. The SMILES string of the molecule is Cc1cc(CSc2ncccc2C(=O)OCc2cccc([N+](=O)[O-])c2)no1. The smallest absolute Gasteiger partial charge is 0.341 e. The lowest BCUT2D eigenvalue weighted by Crippen LogP contribution is -2.08. The van der Waals surface area contributed by atoms with E-state index in [2.05, 4.69) is 10.1 Å². The van der Waals surface area contributed by atoms with Crippen LogP contribution in [0.4, 0.5) is 5.69 Å². The summed E-state index contributed by atoms with van der Waals surface area (Å²) in [6.07, 6.45) is 1.59. The molecule has 0 atom stereocenters. The van der Waals surface area contributed by atoms with Crippen molar-refractivity contribution in [1.82, 2.24) is 10.1 Å². The number of thioether (sulfide) groups is 1. The number of nitro groups is 1. The maximum atomic E-state index is 12.4.